The van der Waals surface area contributed by atoms with Crippen LogP contribution in [0.5, 0.6) is 0 Å². The van der Waals surface area contributed by atoms with Gasteiger partial charge in [-0.1, -0.05) is 34.2 Å². The number of allylic oxidation sites excluding steroid dienone is 6. The van der Waals surface area contributed by atoms with Crippen LogP contribution < -0.4 is 0 Å². The highest BCUT2D eigenvalue weighted by atomic mass is 79.9. The highest BCUT2D eigenvalue weighted by Gasteiger charge is 2.01. The molecule has 1 atom stereocenters. The fraction of sp³-hybridized carbons (Fsp3) is 0.333. The van der Waals surface area contributed by atoms with Crippen molar-refractivity contribution in [1.82, 2.24) is 0 Å². The minimum atomic E-state index is -0.139. The molecule has 1 rings (SSSR count). The zero-order chi connectivity index (χ0) is 8.10. The first kappa shape index (κ1) is 8.72. The van der Waals surface area contributed by atoms with Crippen LogP contribution in [0.15, 0.2) is 36.2 Å². The van der Waals surface area contributed by atoms with Gasteiger partial charge in [-0.3, -0.25) is 0 Å². The van der Waals surface area contributed by atoms with Crippen LogP contribution in [0.1, 0.15) is 6.42 Å². The smallest absolute Gasteiger partial charge is 0.119 e. The SMILES string of the molecule is FC1=CCC(CBr)C=CC=C1. The van der Waals surface area contributed by atoms with Crippen LogP contribution in [0.25, 0.3) is 0 Å². The summed E-state index contributed by atoms with van der Waals surface area (Å²) in [6.45, 7) is 0. The largest absolute Gasteiger partial charge is 0.207 e. The summed E-state index contributed by atoms with van der Waals surface area (Å²) >= 11 is 3.36. The van der Waals surface area contributed by atoms with Crippen LogP contribution in [-0.4, -0.2) is 5.33 Å². The van der Waals surface area contributed by atoms with Gasteiger partial charge in [0.25, 0.3) is 0 Å². The molecule has 2 heteroatoms. The van der Waals surface area contributed by atoms with E-state index in [-0.39, 0.29) is 5.83 Å². The minimum Gasteiger partial charge on any atom is -0.207 e. The Balaban J connectivity index is 2.66. The highest BCUT2D eigenvalue weighted by molar-refractivity contribution is 9.09. The first-order chi connectivity index (χ1) is 5.33. The summed E-state index contributed by atoms with van der Waals surface area (Å²) in [5.41, 5.74) is 0. The molecule has 0 bridgehead atoms. The molecule has 0 aliphatic heterocycles. The highest BCUT2D eigenvalue weighted by Crippen LogP contribution is 2.14. The zero-order valence-corrected chi connectivity index (χ0v) is 7.72. The molecular weight excluding hydrogens is 207 g/mol. The van der Waals surface area contributed by atoms with Crippen molar-refractivity contribution in [3.05, 3.63) is 36.2 Å². The summed E-state index contributed by atoms with van der Waals surface area (Å²) in [5, 5.41) is 0.890. The predicted molar refractivity (Wildman–Crippen MR) is 49.4 cm³/mol. The quantitative estimate of drug-likeness (QED) is 0.590. The maximum atomic E-state index is 12.7. The van der Waals surface area contributed by atoms with Gasteiger partial charge < -0.3 is 0 Å². The second-order valence-electron chi connectivity index (χ2n) is 2.48. The summed E-state index contributed by atoms with van der Waals surface area (Å²) in [6, 6.07) is 0. The molecule has 1 unspecified atom stereocenters. The van der Waals surface area contributed by atoms with E-state index in [1.165, 1.54) is 6.08 Å². The van der Waals surface area contributed by atoms with E-state index in [0.29, 0.717) is 5.92 Å². The number of halogens is 2. The van der Waals surface area contributed by atoms with Crippen molar-refractivity contribution in [1.29, 1.82) is 0 Å². The summed E-state index contributed by atoms with van der Waals surface area (Å²) in [7, 11) is 0. The van der Waals surface area contributed by atoms with Crippen LogP contribution in [0.2, 0.25) is 0 Å². The molecule has 1 aliphatic rings. The maximum absolute atomic E-state index is 12.7. The van der Waals surface area contributed by atoms with Crippen LogP contribution in [0.4, 0.5) is 4.39 Å². The van der Waals surface area contributed by atoms with Gasteiger partial charge in [0.2, 0.25) is 0 Å². The lowest BCUT2D eigenvalue weighted by Crippen LogP contribution is -1.96. The van der Waals surface area contributed by atoms with Crippen LogP contribution in [-0.2, 0) is 0 Å². The third-order valence-electron chi connectivity index (χ3n) is 1.56. The number of rotatable bonds is 1. The van der Waals surface area contributed by atoms with Crippen molar-refractivity contribution in [2.45, 2.75) is 6.42 Å². The van der Waals surface area contributed by atoms with Crippen LogP contribution in [0, 0.1) is 5.92 Å². The molecule has 0 aromatic rings. The summed E-state index contributed by atoms with van der Waals surface area (Å²) < 4.78 is 12.7. The Hall–Kier alpha value is -0.370. The molecule has 0 amide bonds. The molecule has 0 radical (unpaired) electrons. The van der Waals surface area contributed by atoms with E-state index in [0.717, 1.165) is 11.8 Å². The fourth-order valence-electron chi connectivity index (χ4n) is 0.894. The van der Waals surface area contributed by atoms with E-state index in [9.17, 15) is 4.39 Å². The first-order valence-corrected chi connectivity index (χ1v) is 4.71. The van der Waals surface area contributed by atoms with Crippen molar-refractivity contribution in [3.8, 4) is 0 Å². The monoisotopic (exact) mass is 216 g/mol. The van der Waals surface area contributed by atoms with Gasteiger partial charge in [0.05, 0.1) is 0 Å². The number of alkyl halides is 1. The van der Waals surface area contributed by atoms with Gasteiger partial charge >= 0.3 is 0 Å². The second-order valence-corrected chi connectivity index (χ2v) is 3.13. The molecule has 60 valence electrons. The molecular formula is C9H10BrF. The van der Waals surface area contributed by atoms with Crippen molar-refractivity contribution in [2.24, 2.45) is 5.92 Å². The van der Waals surface area contributed by atoms with Gasteiger partial charge in [0.15, 0.2) is 0 Å². The van der Waals surface area contributed by atoms with Gasteiger partial charge in [0, 0.05) is 5.33 Å². The fourth-order valence-corrected chi connectivity index (χ4v) is 1.37. The van der Waals surface area contributed by atoms with Gasteiger partial charge in [-0.25, -0.2) is 4.39 Å². The van der Waals surface area contributed by atoms with E-state index in [1.54, 1.807) is 12.2 Å². The Morgan fingerprint density at radius 2 is 2.36 bits per heavy atom. The van der Waals surface area contributed by atoms with Gasteiger partial charge in [-0.15, -0.1) is 0 Å². The van der Waals surface area contributed by atoms with Crippen molar-refractivity contribution in [2.75, 3.05) is 5.33 Å². The summed E-state index contributed by atoms with van der Waals surface area (Å²) in [4.78, 5) is 0. The van der Waals surface area contributed by atoms with E-state index in [4.69, 9.17) is 0 Å². The van der Waals surface area contributed by atoms with Crippen molar-refractivity contribution >= 4 is 15.9 Å². The topological polar surface area (TPSA) is 0 Å². The molecule has 0 saturated heterocycles. The van der Waals surface area contributed by atoms with Gasteiger partial charge in [-0.05, 0) is 24.5 Å². The third-order valence-corrected chi connectivity index (χ3v) is 2.40. The minimum absolute atomic E-state index is 0.139. The average molecular weight is 217 g/mol. The number of hydrogen-bond donors (Lipinski definition) is 0. The van der Waals surface area contributed by atoms with Crippen molar-refractivity contribution in [3.63, 3.8) is 0 Å². The summed E-state index contributed by atoms with van der Waals surface area (Å²) in [5.74, 6) is 0.283. The Morgan fingerprint density at radius 1 is 1.55 bits per heavy atom. The van der Waals surface area contributed by atoms with E-state index < -0.39 is 0 Å². The molecule has 1 aliphatic carbocycles. The molecule has 0 nitrogen and oxygen atoms in total. The molecule has 0 fully saturated rings. The van der Waals surface area contributed by atoms with E-state index in [2.05, 4.69) is 22.0 Å². The predicted octanol–water partition coefficient (Wildman–Crippen LogP) is 3.37. The molecule has 0 heterocycles. The molecule has 0 aromatic heterocycles. The van der Waals surface area contributed by atoms with Crippen LogP contribution >= 0.6 is 15.9 Å². The molecule has 0 aromatic carbocycles. The van der Waals surface area contributed by atoms with E-state index in [1.807, 2.05) is 6.08 Å². The molecule has 0 spiro atoms. The van der Waals surface area contributed by atoms with Crippen LogP contribution in [0.3, 0.4) is 0 Å². The Morgan fingerprint density at radius 3 is 3.09 bits per heavy atom. The van der Waals surface area contributed by atoms with Gasteiger partial charge in [0.1, 0.15) is 5.83 Å². The average Bonchev–Trinajstić information content (AvgIpc) is 1.98. The summed E-state index contributed by atoms with van der Waals surface area (Å²) in [6.07, 6.45) is 9.55. The lowest BCUT2D eigenvalue weighted by molar-refractivity contribution is 0.645. The zero-order valence-electron chi connectivity index (χ0n) is 6.13. The Kier molecular flexibility index (Phi) is 3.57. The second kappa shape index (κ2) is 4.50. The van der Waals surface area contributed by atoms with E-state index >= 15 is 0 Å². The molecule has 0 saturated carbocycles. The maximum Gasteiger partial charge on any atom is 0.119 e. The van der Waals surface area contributed by atoms with Crippen molar-refractivity contribution < 1.29 is 4.39 Å². The molecule has 11 heavy (non-hydrogen) atoms. The lowest BCUT2D eigenvalue weighted by Gasteiger charge is -2.05. The molecule has 0 N–H and O–H groups in total. The Labute approximate surface area is 74.6 Å². The number of hydrogen-bond acceptors (Lipinski definition) is 0. The first-order valence-electron chi connectivity index (χ1n) is 3.59. The lowest BCUT2D eigenvalue weighted by atomic mass is 10.1. The van der Waals surface area contributed by atoms with Gasteiger partial charge in [-0.2, -0.15) is 0 Å². The standard InChI is InChI=1S/C9H10BrF/c10-7-8-3-1-2-4-9(11)6-5-8/h1-4,6,8H,5,7H2. The Bertz CT molecular complexity index is 204. The normalized spacial score (nSPS) is 24.2. The third kappa shape index (κ3) is 3.02.